The molecule has 1 aliphatic rings. The van der Waals surface area contributed by atoms with Crippen LogP contribution in [0, 0.1) is 5.41 Å². The van der Waals surface area contributed by atoms with Gasteiger partial charge in [-0.25, -0.2) is 0 Å². The number of aryl methyl sites for hydroxylation is 1. The van der Waals surface area contributed by atoms with Crippen LogP contribution in [0.2, 0.25) is 0 Å². The molecular weight excluding hydrogens is 348 g/mol. The fourth-order valence-electron chi connectivity index (χ4n) is 3.20. The number of nitrogens with zero attached hydrogens (tertiary/aromatic N) is 2. The highest BCUT2D eigenvalue weighted by Gasteiger charge is 2.34. The van der Waals surface area contributed by atoms with Crippen LogP contribution in [0.15, 0.2) is 41.6 Å². The summed E-state index contributed by atoms with van der Waals surface area (Å²) in [5.74, 6) is 0.533. The zero-order valence-corrected chi connectivity index (χ0v) is 15.6. The minimum Gasteiger partial charge on any atom is -0.504 e. The van der Waals surface area contributed by atoms with Crippen LogP contribution in [0.5, 0.6) is 11.5 Å². The van der Waals surface area contributed by atoms with Crippen LogP contribution in [-0.4, -0.2) is 28.3 Å². The summed E-state index contributed by atoms with van der Waals surface area (Å²) in [4.78, 5) is 5.58. The number of methoxy groups -OCH3 is 1. The number of aromatic hydroxyl groups is 1. The average molecular weight is 372 g/mol. The van der Waals surface area contributed by atoms with Crippen molar-refractivity contribution in [2.24, 2.45) is 10.6 Å². The largest absolute Gasteiger partial charge is 0.504 e. The molecule has 0 radical (unpaired) electrons. The van der Waals surface area contributed by atoms with E-state index in [0.29, 0.717) is 5.75 Å². The van der Waals surface area contributed by atoms with Crippen LogP contribution in [0.1, 0.15) is 37.0 Å². The first kappa shape index (κ1) is 19.0. The van der Waals surface area contributed by atoms with Crippen molar-refractivity contribution < 1.29 is 25.1 Å². The topological polar surface area (TPSA) is 94.8 Å². The molecule has 2 aromatic rings. The van der Waals surface area contributed by atoms with Crippen molar-refractivity contribution in [3.05, 3.63) is 53.1 Å². The molecule has 7 nitrogen and oxygen atoms in total. The fourth-order valence-corrected chi connectivity index (χ4v) is 3.20. The maximum absolute atomic E-state index is 10.2. The van der Waals surface area contributed by atoms with Crippen molar-refractivity contribution in [3.8, 4) is 11.5 Å². The summed E-state index contributed by atoms with van der Waals surface area (Å²) in [6.45, 7) is 4.45. The highest BCUT2D eigenvalue weighted by Crippen LogP contribution is 2.40. The number of phenols is 1. The van der Waals surface area contributed by atoms with Gasteiger partial charge in [0.2, 0.25) is 0 Å². The first-order chi connectivity index (χ1) is 12.8. The van der Waals surface area contributed by atoms with Crippen molar-refractivity contribution in [1.82, 2.24) is 0 Å². The normalized spacial score (nSPS) is 16.7. The van der Waals surface area contributed by atoms with Crippen LogP contribution in [0.25, 0.3) is 0 Å². The molecule has 144 valence electrons. The summed E-state index contributed by atoms with van der Waals surface area (Å²) in [5, 5.41) is 32.6. The van der Waals surface area contributed by atoms with Gasteiger partial charge in [0, 0.05) is 11.0 Å². The lowest BCUT2D eigenvalue weighted by atomic mass is 9.72. The standard InChI is InChI=1S/C20H24N2O5/c1-20(2)9-8-14-10-18(26-3)17(23)11-16(14)19(20)21-27-12-13-4-6-15(7-5-13)22(24)25/h4-7,10-11,23-25H,8-9,12H2,1-3H3/b21-19-. The average Bonchev–Trinajstić information content (AvgIpc) is 2.63. The van der Waals surface area contributed by atoms with Gasteiger partial charge in [0.1, 0.15) is 6.61 Å². The third-order valence-electron chi connectivity index (χ3n) is 4.87. The van der Waals surface area contributed by atoms with Gasteiger partial charge >= 0.3 is 0 Å². The minimum absolute atomic E-state index is 0.0626. The van der Waals surface area contributed by atoms with Crippen molar-refractivity contribution in [2.45, 2.75) is 33.3 Å². The van der Waals surface area contributed by atoms with Crippen LogP contribution in [0.3, 0.4) is 0 Å². The van der Waals surface area contributed by atoms with Gasteiger partial charge in [0.25, 0.3) is 0 Å². The molecule has 0 aliphatic heterocycles. The molecule has 7 heteroatoms. The number of oxime groups is 1. The number of anilines is 1. The molecule has 0 saturated heterocycles. The van der Waals surface area contributed by atoms with Gasteiger partial charge in [-0.05, 0) is 48.2 Å². The summed E-state index contributed by atoms with van der Waals surface area (Å²) in [5.41, 5.74) is 3.65. The molecule has 0 atom stereocenters. The van der Waals surface area contributed by atoms with E-state index in [0.717, 1.165) is 35.2 Å². The number of ether oxygens (including phenoxy) is 1. The van der Waals surface area contributed by atoms with Gasteiger partial charge in [0.05, 0.1) is 18.5 Å². The van der Waals surface area contributed by atoms with Crippen molar-refractivity contribution >= 4 is 11.4 Å². The van der Waals surface area contributed by atoms with E-state index in [4.69, 9.17) is 20.0 Å². The second-order valence-electron chi connectivity index (χ2n) is 7.23. The predicted octanol–water partition coefficient (Wildman–Crippen LogP) is 3.88. The van der Waals surface area contributed by atoms with Crippen LogP contribution >= 0.6 is 0 Å². The van der Waals surface area contributed by atoms with E-state index < -0.39 is 0 Å². The first-order valence-electron chi connectivity index (χ1n) is 8.69. The molecule has 0 saturated carbocycles. The molecule has 0 heterocycles. The summed E-state index contributed by atoms with van der Waals surface area (Å²) in [7, 11) is 1.53. The maximum Gasteiger partial charge on any atom is 0.160 e. The molecule has 0 bridgehead atoms. The molecule has 0 spiro atoms. The van der Waals surface area contributed by atoms with Gasteiger partial charge in [0.15, 0.2) is 11.5 Å². The van der Waals surface area contributed by atoms with E-state index in [2.05, 4.69) is 19.0 Å². The summed E-state index contributed by atoms with van der Waals surface area (Å²) < 4.78 is 5.20. The Morgan fingerprint density at radius 3 is 2.48 bits per heavy atom. The van der Waals surface area contributed by atoms with Gasteiger partial charge in [-0.2, -0.15) is 0 Å². The third kappa shape index (κ3) is 3.99. The highest BCUT2D eigenvalue weighted by molar-refractivity contribution is 6.06. The number of fused-ring (bicyclic) bond motifs is 1. The van der Waals surface area contributed by atoms with Crippen LogP contribution in [0.4, 0.5) is 5.69 Å². The number of phenolic OH excluding ortho intramolecular Hbond substituents is 1. The second kappa shape index (κ2) is 7.46. The second-order valence-corrected chi connectivity index (χ2v) is 7.23. The Morgan fingerprint density at radius 2 is 1.85 bits per heavy atom. The van der Waals surface area contributed by atoms with E-state index >= 15 is 0 Å². The Hall–Kier alpha value is -2.77. The lowest BCUT2D eigenvalue weighted by Gasteiger charge is -2.32. The van der Waals surface area contributed by atoms with Gasteiger partial charge in [-0.15, -0.1) is 5.23 Å². The molecule has 0 amide bonds. The van der Waals surface area contributed by atoms with E-state index in [1.54, 1.807) is 30.3 Å². The molecular formula is C20H24N2O5. The van der Waals surface area contributed by atoms with Crippen molar-refractivity contribution in [1.29, 1.82) is 0 Å². The van der Waals surface area contributed by atoms with E-state index in [-0.39, 0.29) is 28.7 Å². The molecule has 3 N–H and O–H groups in total. The summed E-state index contributed by atoms with van der Waals surface area (Å²) >= 11 is 0. The Bertz CT molecular complexity index is 844. The molecule has 1 aliphatic carbocycles. The number of rotatable bonds is 5. The van der Waals surface area contributed by atoms with Gasteiger partial charge < -0.3 is 14.7 Å². The SMILES string of the molecule is COc1cc2c(cc1O)/C(=N/OCc1ccc(N(O)O)cc1)C(C)(C)CC2. The first-order valence-corrected chi connectivity index (χ1v) is 8.69. The molecule has 0 fully saturated rings. The zero-order valence-electron chi connectivity index (χ0n) is 15.6. The summed E-state index contributed by atoms with van der Waals surface area (Å²) in [6.07, 6.45) is 1.78. The van der Waals surface area contributed by atoms with E-state index in [1.165, 1.54) is 7.11 Å². The maximum atomic E-state index is 10.2. The zero-order chi connectivity index (χ0) is 19.6. The molecule has 0 aromatic heterocycles. The number of hydrogen-bond acceptors (Lipinski definition) is 7. The molecule has 3 rings (SSSR count). The minimum atomic E-state index is -0.188. The van der Waals surface area contributed by atoms with E-state index in [9.17, 15) is 5.11 Å². The van der Waals surface area contributed by atoms with Crippen molar-refractivity contribution in [3.63, 3.8) is 0 Å². The lowest BCUT2D eigenvalue weighted by molar-refractivity contribution is 0.0291. The lowest BCUT2D eigenvalue weighted by Crippen LogP contribution is -2.31. The molecule has 0 unspecified atom stereocenters. The molecule has 2 aromatic carbocycles. The van der Waals surface area contributed by atoms with Gasteiger partial charge in [-0.1, -0.05) is 31.1 Å². The van der Waals surface area contributed by atoms with E-state index in [1.807, 2.05) is 6.07 Å². The highest BCUT2D eigenvalue weighted by atomic mass is 16.8. The Kier molecular flexibility index (Phi) is 5.25. The third-order valence-corrected chi connectivity index (χ3v) is 4.87. The number of hydrogen-bond donors (Lipinski definition) is 3. The molecule has 27 heavy (non-hydrogen) atoms. The Balaban J connectivity index is 1.83. The van der Waals surface area contributed by atoms with Gasteiger partial charge in [-0.3, -0.25) is 10.4 Å². The van der Waals surface area contributed by atoms with Crippen LogP contribution in [-0.2, 0) is 17.9 Å². The smallest absolute Gasteiger partial charge is 0.160 e. The van der Waals surface area contributed by atoms with Crippen LogP contribution < -0.4 is 9.96 Å². The fraction of sp³-hybridized carbons (Fsp3) is 0.350. The quantitative estimate of drug-likeness (QED) is 0.690. The number of benzene rings is 2. The van der Waals surface area contributed by atoms with Crippen molar-refractivity contribution in [2.75, 3.05) is 12.3 Å². The predicted molar refractivity (Wildman–Crippen MR) is 101 cm³/mol. The Labute approximate surface area is 158 Å². The Morgan fingerprint density at radius 1 is 1.15 bits per heavy atom. The summed E-state index contributed by atoms with van der Waals surface area (Å²) in [6, 6.07) is 10.1. The monoisotopic (exact) mass is 372 g/mol.